The van der Waals surface area contributed by atoms with Crippen molar-refractivity contribution in [3.05, 3.63) is 5.82 Å². The van der Waals surface area contributed by atoms with Crippen LogP contribution >= 0.6 is 0 Å². The number of nitrogen functional groups attached to an aromatic ring is 1. The molecule has 0 aliphatic carbocycles. The second kappa shape index (κ2) is 8.67. The molecule has 0 saturated carbocycles. The summed E-state index contributed by atoms with van der Waals surface area (Å²) in [5.74, 6) is 1.55. The molecule has 1 unspecified atom stereocenters. The van der Waals surface area contributed by atoms with Gasteiger partial charge < -0.3 is 11.1 Å². The quantitative estimate of drug-likeness (QED) is 0.670. The van der Waals surface area contributed by atoms with Gasteiger partial charge >= 0.3 is 0 Å². The van der Waals surface area contributed by atoms with Crippen LogP contribution in [0.25, 0.3) is 0 Å². The van der Waals surface area contributed by atoms with Crippen LogP contribution in [-0.4, -0.2) is 21.0 Å². The van der Waals surface area contributed by atoms with Gasteiger partial charge in [-0.15, -0.1) is 0 Å². The number of nitrogens with two attached hydrogens (primary N) is 1. The first-order valence-corrected chi connectivity index (χ1v) is 7.40. The lowest BCUT2D eigenvalue weighted by atomic mass is 10.0. The second-order valence-electron chi connectivity index (χ2n) is 5.02. The highest BCUT2D eigenvalue weighted by Crippen LogP contribution is 2.13. The van der Waals surface area contributed by atoms with E-state index in [9.17, 15) is 0 Å². The van der Waals surface area contributed by atoms with Crippen molar-refractivity contribution in [1.29, 1.82) is 0 Å². The molecule has 0 aliphatic heterocycles. The SMILES string of the molecule is CCCCCCCC(CC)Nc1nc(C)nc(N)n1. The van der Waals surface area contributed by atoms with Gasteiger partial charge in [-0.1, -0.05) is 46.0 Å². The van der Waals surface area contributed by atoms with Crippen LogP contribution in [-0.2, 0) is 0 Å². The van der Waals surface area contributed by atoms with Crippen molar-refractivity contribution in [2.45, 2.75) is 71.8 Å². The Labute approximate surface area is 116 Å². The summed E-state index contributed by atoms with van der Waals surface area (Å²) in [5, 5.41) is 3.36. The molecule has 5 nitrogen and oxygen atoms in total. The molecule has 5 heteroatoms. The van der Waals surface area contributed by atoms with E-state index >= 15 is 0 Å². The van der Waals surface area contributed by atoms with Gasteiger partial charge in [0.15, 0.2) is 0 Å². The summed E-state index contributed by atoms with van der Waals surface area (Å²) >= 11 is 0. The Hall–Kier alpha value is -1.39. The third-order valence-electron chi connectivity index (χ3n) is 3.25. The van der Waals surface area contributed by atoms with Crippen LogP contribution in [0.15, 0.2) is 0 Å². The third-order valence-corrected chi connectivity index (χ3v) is 3.25. The molecule has 1 heterocycles. The first kappa shape index (κ1) is 15.7. The topological polar surface area (TPSA) is 76.7 Å². The highest BCUT2D eigenvalue weighted by atomic mass is 15.2. The van der Waals surface area contributed by atoms with Crippen LogP contribution < -0.4 is 11.1 Å². The zero-order valence-corrected chi connectivity index (χ0v) is 12.4. The van der Waals surface area contributed by atoms with Gasteiger partial charge in [0.2, 0.25) is 11.9 Å². The summed E-state index contributed by atoms with van der Waals surface area (Å²) in [5.41, 5.74) is 5.63. The highest BCUT2D eigenvalue weighted by molar-refractivity contribution is 5.31. The summed E-state index contributed by atoms with van der Waals surface area (Å²) < 4.78 is 0. The molecule has 1 aromatic rings. The average molecular weight is 265 g/mol. The van der Waals surface area contributed by atoms with Crippen molar-refractivity contribution in [2.75, 3.05) is 11.1 Å². The molecular weight excluding hydrogens is 238 g/mol. The van der Waals surface area contributed by atoms with Crippen LogP contribution in [0.2, 0.25) is 0 Å². The van der Waals surface area contributed by atoms with E-state index in [4.69, 9.17) is 5.73 Å². The van der Waals surface area contributed by atoms with E-state index in [0.29, 0.717) is 17.8 Å². The lowest BCUT2D eigenvalue weighted by Gasteiger charge is -2.17. The molecule has 0 bridgehead atoms. The van der Waals surface area contributed by atoms with Crippen LogP contribution in [0.3, 0.4) is 0 Å². The normalized spacial score (nSPS) is 12.4. The zero-order chi connectivity index (χ0) is 14.1. The third kappa shape index (κ3) is 6.36. The average Bonchev–Trinajstić information content (AvgIpc) is 2.36. The first-order chi connectivity index (χ1) is 9.15. The monoisotopic (exact) mass is 265 g/mol. The lowest BCUT2D eigenvalue weighted by molar-refractivity contribution is 0.549. The fraction of sp³-hybridized carbons (Fsp3) is 0.786. The van der Waals surface area contributed by atoms with Crippen LogP contribution in [0.4, 0.5) is 11.9 Å². The summed E-state index contributed by atoms with van der Waals surface area (Å²) in [7, 11) is 0. The van der Waals surface area contributed by atoms with Crippen molar-refractivity contribution >= 4 is 11.9 Å². The van der Waals surface area contributed by atoms with Crippen LogP contribution in [0.5, 0.6) is 0 Å². The molecule has 0 amide bonds. The minimum absolute atomic E-state index is 0.285. The molecule has 0 aliphatic rings. The van der Waals surface area contributed by atoms with E-state index in [1.165, 1.54) is 32.1 Å². The predicted octanol–water partition coefficient (Wildman–Crippen LogP) is 3.31. The second-order valence-corrected chi connectivity index (χ2v) is 5.02. The van der Waals surface area contributed by atoms with E-state index in [1.807, 2.05) is 6.92 Å². The highest BCUT2D eigenvalue weighted by Gasteiger charge is 2.08. The number of aryl methyl sites for hydroxylation is 1. The Morgan fingerprint density at radius 1 is 1.05 bits per heavy atom. The molecular formula is C14H27N5. The molecule has 0 saturated heterocycles. The molecule has 0 aromatic carbocycles. The van der Waals surface area contributed by atoms with Gasteiger partial charge in [0.05, 0.1) is 0 Å². The molecule has 1 atom stereocenters. The maximum Gasteiger partial charge on any atom is 0.227 e. The van der Waals surface area contributed by atoms with E-state index in [1.54, 1.807) is 0 Å². The molecule has 108 valence electrons. The fourth-order valence-electron chi connectivity index (χ4n) is 2.12. The molecule has 0 radical (unpaired) electrons. The van der Waals surface area contributed by atoms with Gasteiger partial charge in [-0.05, 0) is 19.8 Å². The Morgan fingerprint density at radius 3 is 2.42 bits per heavy atom. The van der Waals surface area contributed by atoms with Gasteiger partial charge in [-0.25, -0.2) is 0 Å². The van der Waals surface area contributed by atoms with Gasteiger partial charge in [-0.2, -0.15) is 15.0 Å². The number of nitrogens with one attached hydrogen (secondary N) is 1. The summed E-state index contributed by atoms with van der Waals surface area (Å²) in [4.78, 5) is 12.4. The number of aromatic nitrogens is 3. The molecule has 1 rings (SSSR count). The van der Waals surface area contributed by atoms with E-state index in [0.717, 1.165) is 12.8 Å². The maximum absolute atomic E-state index is 5.63. The Kier molecular flexibility index (Phi) is 7.15. The van der Waals surface area contributed by atoms with Gasteiger partial charge in [0.25, 0.3) is 0 Å². The number of rotatable bonds is 9. The van der Waals surface area contributed by atoms with Crippen molar-refractivity contribution in [3.63, 3.8) is 0 Å². The zero-order valence-electron chi connectivity index (χ0n) is 12.4. The minimum atomic E-state index is 0.285. The number of hydrogen-bond donors (Lipinski definition) is 2. The Balaban J connectivity index is 2.38. The number of nitrogens with zero attached hydrogens (tertiary/aromatic N) is 3. The molecule has 1 aromatic heterocycles. The van der Waals surface area contributed by atoms with Gasteiger partial charge in [0, 0.05) is 6.04 Å². The Morgan fingerprint density at radius 2 is 1.79 bits per heavy atom. The number of hydrogen-bond acceptors (Lipinski definition) is 5. The van der Waals surface area contributed by atoms with Crippen molar-refractivity contribution in [1.82, 2.24) is 15.0 Å². The molecule has 0 fully saturated rings. The fourth-order valence-corrected chi connectivity index (χ4v) is 2.12. The minimum Gasteiger partial charge on any atom is -0.368 e. The van der Waals surface area contributed by atoms with Gasteiger partial charge in [-0.3, -0.25) is 0 Å². The molecule has 0 spiro atoms. The van der Waals surface area contributed by atoms with Crippen molar-refractivity contribution in [2.24, 2.45) is 0 Å². The van der Waals surface area contributed by atoms with Crippen molar-refractivity contribution < 1.29 is 0 Å². The summed E-state index contributed by atoms with van der Waals surface area (Å²) in [6.07, 6.45) is 8.76. The van der Waals surface area contributed by atoms with Crippen LogP contribution in [0.1, 0.15) is 64.6 Å². The molecule has 3 N–H and O–H groups in total. The van der Waals surface area contributed by atoms with E-state index < -0.39 is 0 Å². The van der Waals surface area contributed by atoms with E-state index in [-0.39, 0.29) is 5.95 Å². The van der Waals surface area contributed by atoms with Gasteiger partial charge in [0.1, 0.15) is 5.82 Å². The largest absolute Gasteiger partial charge is 0.368 e. The predicted molar refractivity (Wildman–Crippen MR) is 80.1 cm³/mol. The van der Waals surface area contributed by atoms with Crippen molar-refractivity contribution in [3.8, 4) is 0 Å². The smallest absolute Gasteiger partial charge is 0.227 e. The lowest BCUT2D eigenvalue weighted by Crippen LogP contribution is -2.21. The maximum atomic E-state index is 5.63. The van der Waals surface area contributed by atoms with E-state index in [2.05, 4.69) is 34.1 Å². The standard InChI is InChI=1S/C14H27N5/c1-4-6-7-8-9-10-12(5-2)18-14-17-11(3)16-13(15)19-14/h12H,4-10H2,1-3H3,(H3,15,16,17,18,19). The van der Waals surface area contributed by atoms with Crippen LogP contribution in [0, 0.1) is 6.92 Å². The molecule has 19 heavy (non-hydrogen) atoms. The Bertz CT molecular complexity index is 347. The summed E-state index contributed by atoms with van der Waals surface area (Å²) in [6.45, 7) is 6.25. The summed E-state index contributed by atoms with van der Waals surface area (Å²) in [6, 6.07) is 0.419. The number of unbranched alkanes of at least 4 members (excludes halogenated alkanes) is 4. The first-order valence-electron chi connectivity index (χ1n) is 7.40. The number of anilines is 2.